The van der Waals surface area contributed by atoms with Crippen molar-refractivity contribution in [2.24, 2.45) is 0 Å². The molecule has 1 heterocycles. The normalized spacial score (nSPS) is 8.42. The smallest absolute Gasteiger partial charge is 1.00 e. The van der Waals surface area contributed by atoms with Crippen LogP contribution in [-0.2, 0) is 26.2 Å². The van der Waals surface area contributed by atoms with E-state index in [0.29, 0.717) is 0 Å². The zero-order chi connectivity index (χ0) is 14.9. The van der Waals surface area contributed by atoms with Gasteiger partial charge in [0.05, 0.1) is 0 Å². The summed E-state index contributed by atoms with van der Waals surface area (Å²) in [6.07, 6.45) is 2.91. The minimum absolute atomic E-state index is 0. The number of para-hydroxylation sites is 1. The maximum Gasteiger partial charge on any atom is 4.00 e. The van der Waals surface area contributed by atoms with Crippen LogP contribution < -0.4 is 24.8 Å². The summed E-state index contributed by atoms with van der Waals surface area (Å²) < 4.78 is 0. The van der Waals surface area contributed by atoms with Gasteiger partial charge < -0.3 is 29.8 Å². The van der Waals surface area contributed by atoms with Gasteiger partial charge in [0.1, 0.15) is 0 Å². The quantitative estimate of drug-likeness (QED) is 0.269. The van der Waals surface area contributed by atoms with Gasteiger partial charge in [-0.25, -0.2) is 0 Å². The summed E-state index contributed by atoms with van der Waals surface area (Å²) >= 11 is 0. The summed E-state index contributed by atoms with van der Waals surface area (Å²) in [7, 11) is 1.08. The van der Waals surface area contributed by atoms with Gasteiger partial charge >= 0.3 is 26.2 Å². The summed E-state index contributed by atoms with van der Waals surface area (Å²) in [6.45, 7) is 4.31. The molecular weight excluding hydrogens is 432 g/mol. The van der Waals surface area contributed by atoms with Crippen molar-refractivity contribution in [3.8, 4) is 0 Å². The Kier molecular flexibility index (Phi) is 15.5. The maximum atomic E-state index is 2.99. The molecule has 4 aromatic rings. The number of halogens is 2. The number of hydrogen-bond donors (Lipinski definition) is 1. The molecule has 0 bridgehead atoms. The van der Waals surface area contributed by atoms with Gasteiger partial charge in [-0.15, -0.1) is 53.5 Å². The van der Waals surface area contributed by atoms with E-state index in [4.69, 9.17) is 0 Å². The molecule has 24 heavy (non-hydrogen) atoms. The standard InChI is InChI=1S/C9H7.C8H6N.C2H6Si.2ClH.Zr/c1-2-5-9-7-3-6-8(9)4-1;1-2-4-8-7(3-1)5-6-9-8;1-3-2;;;/h1-7H;1-5,9H;1-2H3;2*1H;/q2*-1;;;;+4/p-2. The third-order valence-electron chi connectivity index (χ3n) is 2.94. The summed E-state index contributed by atoms with van der Waals surface area (Å²) in [4.78, 5) is 2.99. The molecule has 0 aliphatic rings. The van der Waals surface area contributed by atoms with E-state index in [0.717, 1.165) is 15.0 Å². The van der Waals surface area contributed by atoms with Crippen LogP contribution in [0.1, 0.15) is 0 Å². The van der Waals surface area contributed by atoms with E-state index in [9.17, 15) is 0 Å². The first-order valence-corrected chi connectivity index (χ1v) is 8.98. The first kappa shape index (κ1) is 25.5. The summed E-state index contributed by atoms with van der Waals surface area (Å²) in [5.41, 5.74) is 1.15. The van der Waals surface area contributed by atoms with Crippen molar-refractivity contribution in [3.05, 3.63) is 79.0 Å². The number of H-pyrrole nitrogens is 1. The van der Waals surface area contributed by atoms with Gasteiger partial charge in [0.2, 0.25) is 0 Å². The minimum Gasteiger partial charge on any atom is -1.00 e. The number of rotatable bonds is 0. The van der Waals surface area contributed by atoms with Crippen LogP contribution in [0, 0.1) is 6.20 Å². The molecule has 122 valence electrons. The van der Waals surface area contributed by atoms with E-state index >= 15 is 0 Å². The van der Waals surface area contributed by atoms with Crippen molar-refractivity contribution in [1.82, 2.24) is 4.98 Å². The molecule has 4 rings (SSSR count). The van der Waals surface area contributed by atoms with Crippen molar-refractivity contribution in [1.29, 1.82) is 0 Å². The fourth-order valence-corrected chi connectivity index (χ4v) is 2.00. The molecule has 1 aromatic heterocycles. The van der Waals surface area contributed by atoms with Crippen molar-refractivity contribution in [2.75, 3.05) is 0 Å². The molecule has 0 unspecified atom stereocenters. The molecule has 3 aromatic carbocycles. The number of nitrogens with one attached hydrogen (secondary N) is 1. The zero-order valence-corrected chi connectivity index (χ0v) is 18.7. The average molecular weight is 452 g/mol. The summed E-state index contributed by atoms with van der Waals surface area (Å²) in [5, 5.41) is 3.88. The van der Waals surface area contributed by atoms with Gasteiger partial charge in [-0.1, -0.05) is 31.3 Å². The second-order valence-electron chi connectivity index (χ2n) is 4.66. The molecule has 0 amide bonds. The number of aromatic amines is 1. The monoisotopic (exact) mass is 449 g/mol. The molecule has 0 aliphatic heterocycles. The number of benzene rings is 2. The van der Waals surface area contributed by atoms with Crippen LogP contribution in [0.15, 0.2) is 72.8 Å². The second-order valence-corrected chi connectivity index (χ2v) is 5.66. The maximum absolute atomic E-state index is 2.99. The summed E-state index contributed by atoms with van der Waals surface area (Å²) in [5.74, 6) is 0. The van der Waals surface area contributed by atoms with Gasteiger partial charge in [-0.05, 0) is 0 Å². The van der Waals surface area contributed by atoms with E-state index in [1.54, 1.807) is 0 Å². The summed E-state index contributed by atoms with van der Waals surface area (Å²) in [6, 6.07) is 24.7. The predicted molar refractivity (Wildman–Crippen MR) is 94.2 cm³/mol. The van der Waals surface area contributed by atoms with Gasteiger partial charge in [0, 0.05) is 9.52 Å². The van der Waals surface area contributed by atoms with Crippen LogP contribution in [0.2, 0.25) is 13.1 Å². The number of aromatic nitrogens is 1. The Hall–Kier alpha value is -0.730. The Morgan fingerprint density at radius 2 is 1.46 bits per heavy atom. The molecule has 5 heteroatoms. The van der Waals surface area contributed by atoms with E-state index in [2.05, 4.69) is 72.8 Å². The Morgan fingerprint density at radius 3 is 2.08 bits per heavy atom. The molecule has 0 fully saturated rings. The van der Waals surface area contributed by atoms with Gasteiger partial charge in [-0.2, -0.15) is 29.0 Å². The Labute approximate surface area is 178 Å². The fourth-order valence-electron chi connectivity index (χ4n) is 2.00. The van der Waals surface area contributed by atoms with Crippen LogP contribution in [0.5, 0.6) is 0 Å². The van der Waals surface area contributed by atoms with E-state index in [1.165, 1.54) is 16.2 Å². The largest absolute Gasteiger partial charge is 4.00 e. The first-order chi connectivity index (χ1) is 10.3. The Morgan fingerprint density at radius 1 is 0.875 bits per heavy atom. The van der Waals surface area contributed by atoms with Crippen LogP contribution >= 0.6 is 0 Å². The van der Waals surface area contributed by atoms with Gasteiger partial charge in [0.25, 0.3) is 0 Å². The minimum atomic E-state index is 0. The van der Waals surface area contributed by atoms with Crippen LogP contribution in [0.3, 0.4) is 0 Å². The van der Waals surface area contributed by atoms with Crippen LogP contribution in [0.25, 0.3) is 21.7 Å². The molecular formula is C19H19Cl2NSiZr. The molecule has 0 spiro atoms. The number of hydrogen-bond acceptors (Lipinski definition) is 0. The van der Waals surface area contributed by atoms with Gasteiger partial charge in [0.15, 0.2) is 0 Å². The molecule has 2 radical (unpaired) electrons. The molecule has 1 N–H and O–H groups in total. The molecule has 1 nitrogen and oxygen atoms in total. The van der Waals surface area contributed by atoms with Crippen molar-refractivity contribution < 1.29 is 51.0 Å². The van der Waals surface area contributed by atoms with Gasteiger partial charge in [-0.3, -0.25) is 0 Å². The van der Waals surface area contributed by atoms with Crippen molar-refractivity contribution in [3.63, 3.8) is 0 Å². The third-order valence-corrected chi connectivity index (χ3v) is 2.94. The third kappa shape index (κ3) is 7.90. The first-order valence-electron chi connectivity index (χ1n) is 6.98. The van der Waals surface area contributed by atoms with Crippen molar-refractivity contribution >= 4 is 31.2 Å². The van der Waals surface area contributed by atoms with Crippen LogP contribution in [-0.4, -0.2) is 14.5 Å². The Bertz CT molecular complexity index is 656. The van der Waals surface area contributed by atoms with Crippen molar-refractivity contribution in [2.45, 2.75) is 13.1 Å². The SMILES string of the molecule is C[Si]C.[Cl-].[Cl-].[Zr+4].[c-]1cc2ccccc2[nH]1.c1ccc2[cH-]ccc2c1. The zero-order valence-electron chi connectivity index (χ0n) is 13.7. The molecule has 0 atom stereocenters. The van der Waals surface area contributed by atoms with E-state index < -0.39 is 0 Å². The number of fused-ring (bicyclic) bond motifs is 2. The molecule has 0 saturated carbocycles. The average Bonchev–Trinajstić information content (AvgIpc) is 3.17. The van der Waals surface area contributed by atoms with E-state index in [-0.39, 0.29) is 51.0 Å². The molecule has 0 aliphatic carbocycles. The van der Waals surface area contributed by atoms with E-state index in [1.807, 2.05) is 24.3 Å². The molecule has 0 saturated heterocycles. The Balaban J connectivity index is 0. The predicted octanol–water partition coefficient (Wildman–Crippen LogP) is -0.681. The van der Waals surface area contributed by atoms with Crippen LogP contribution in [0.4, 0.5) is 0 Å². The topological polar surface area (TPSA) is 15.8 Å². The second kappa shape index (κ2) is 14.6. The fraction of sp³-hybridized carbons (Fsp3) is 0.105.